The van der Waals surface area contributed by atoms with E-state index >= 15 is 0 Å². The summed E-state index contributed by atoms with van der Waals surface area (Å²) in [5.74, 6) is -12.2. The first-order valence-corrected chi connectivity index (χ1v) is 7.75. The fraction of sp³-hybridized carbons (Fsp3) is 0.333. The number of carboxylic acids is 5. The molecule has 0 aliphatic carbocycles. The summed E-state index contributed by atoms with van der Waals surface area (Å²) in [5.41, 5.74) is 0.339. The van der Waals surface area contributed by atoms with Crippen molar-refractivity contribution in [3.05, 3.63) is 36.5 Å². The van der Waals surface area contributed by atoms with E-state index in [-0.39, 0.29) is 16.7 Å². The van der Waals surface area contributed by atoms with Crippen LogP contribution in [0.5, 0.6) is 0 Å². The number of ether oxygens (including phenoxy) is 1. The number of aliphatic carboxylic acids is 5. The molecule has 0 aliphatic heterocycles. The minimum absolute atomic E-state index is 0.0126. The summed E-state index contributed by atoms with van der Waals surface area (Å²) in [7, 11) is 0. The van der Waals surface area contributed by atoms with Crippen LogP contribution in [-0.2, 0) is 33.5 Å². The Bertz CT molecular complexity index is 669. The summed E-state index contributed by atoms with van der Waals surface area (Å²) in [6.07, 6.45) is 0. The largest absolute Gasteiger partial charge is 0.481 e. The van der Waals surface area contributed by atoms with Crippen LogP contribution in [-0.4, -0.2) is 68.0 Å². The number of carbonyl (C=O) groups is 6. The standard InChI is InChI=1S/C10H12O8.2C4H6O2/c1-4(2)10(17)18-3-5(7(11)12)6(8(13)14)9(15)16;2*1-3(2)4(5)6/h5-6H,1,3H2,2H3,(H,11,12)(H,13,14)(H,15,16);2*1H2,2H3,(H,5,6). The Balaban J connectivity index is -0.000000495. The molecule has 168 valence electrons. The number of hydrogen-bond donors (Lipinski definition) is 5. The average Bonchev–Trinajstić information content (AvgIpc) is 2.57. The molecule has 0 saturated carbocycles. The molecule has 0 aromatic rings. The van der Waals surface area contributed by atoms with Gasteiger partial charge in [0.25, 0.3) is 0 Å². The van der Waals surface area contributed by atoms with Crippen molar-refractivity contribution in [2.24, 2.45) is 11.8 Å². The van der Waals surface area contributed by atoms with Gasteiger partial charge < -0.3 is 30.3 Å². The summed E-state index contributed by atoms with van der Waals surface area (Å²) in [5, 5.41) is 41.8. The predicted molar refractivity (Wildman–Crippen MR) is 101 cm³/mol. The van der Waals surface area contributed by atoms with Crippen LogP contribution in [0.4, 0.5) is 0 Å². The highest BCUT2D eigenvalue weighted by Gasteiger charge is 2.40. The highest BCUT2D eigenvalue weighted by molar-refractivity contribution is 5.97. The summed E-state index contributed by atoms with van der Waals surface area (Å²) in [6, 6.07) is 0. The maximum Gasteiger partial charge on any atom is 0.333 e. The molecule has 30 heavy (non-hydrogen) atoms. The number of carboxylic acid groups (broad SMARTS) is 5. The third-order valence-corrected chi connectivity index (χ3v) is 2.72. The first-order chi connectivity index (χ1) is 13.5. The van der Waals surface area contributed by atoms with Gasteiger partial charge >= 0.3 is 35.8 Å². The molecule has 0 heterocycles. The van der Waals surface area contributed by atoms with Crippen molar-refractivity contribution in [2.75, 3.05) is 6.61 Å². The van der Waals surface area contributed by atoms with Crippen molar-refractivity contribution < 1.29 is 59.0 Å². The van der Waals surface area contributed by atoms with E-state index in [0.717, 1.165) is 0 Å². The third kappa shape index (κ3) is 15.1. The van der Waals surface area contributed by atoms with Crippen LogP contribution in [0.15, 0.2) is 36.5 Å². The zero-order valence-corrected chi connectivity index (χ0v) is 16.6. The molecule has 0 bridgehead atoms. The Morgan fingerprint density at radius 3 is 1.13 bits per heavy atom. The Morgan fingerprint density at radius 2 is 0.967 bits per heavy atom. The highest BCUT2D eigenvalue weighted by Crippen LogP contribution is 2.15. The van der Waals surface area contributed by atoms with Crippen molar-refractivity contribution in [1.29, 1.82) is 0 Å². The van der Waals surface area contributed by atoms with Crippen LogP contribution in [0.3, 0.4) is 0 Å². The molecule has 0 aromatic heterocycles. The van der Waals surface area contributed by atoms with E-state index in [2.05, 4.69) is 24.5 Å². The summed E-state index contributed by atoms with van der Waals surface area (Å²) >= 11 is 0. The second kappa shape index (κ2) is 15.0. The molecule has 5 N–H and O–H groups in total. The fourth-order valence-electron chi connectivity index (χ4n) is 1.05. The van der Waals surface area contributed by atoms with Gasteiger partial charge in [-0.15, -0.1) is 0 Å². The van der Waals surface area contributed by atoms with E-state index < -0.39 is 54.3 Å². The third-order valence-electron chi connectivity index (χ3n) is 2.72. The summed E-state index contributed by atoms with van der Waals surface area (Å²) in [4.78, 5) is 62.3. The number of esters is 1. The summed E-state index contributed by atoms with van der Waals surface area (Å²) in [6.45, 7) is 12.9. The Kier molecular flexibility index (Phi) is 15.4. The first kappa shape index (κ1) is 30.8. The van der Waals surface area contributed by atoms with E-state index in [0.29, 0.717) is 0 Å². The van der Waals surface area contributed by atoms with Crippen LogP contribution >= 0.6 is 0 Å². The number of carbonyl (C=O) groups excluding carboxylic acids is 1. The smallest absolute Gasteiger partial charge is 0.333 e. The predicted octanol–water partition coefficient (Wildman–Crippen LogP) is 0.886. The van der Waals surface area contributed by atoms with Crippen molar-refractivity contribution >= 4 is 35.8 Å². The number of rotatable bonds is 9. The molecule has 0 aromatic carbocycles. The molecule has 0 saturated heterocycles. The van der Waals surface area contributed by atoms with Gasteiger partial charge in [-0.2, -0.15) is 0 Å². The fourth-order valence-corrected chi connectivity index (χ4v) is 1.05. The molecule has 0 aliphatic rings. The van der Waals surface area contributed by atoms with Crippen LogP contribution < -0.4 is 0 Å². The molecule has 0 fully saturated rings. The molecular formula is C18H24O12. The maximum atomic E-state index is 11.0. The quantitative estimate of drug-likeness (QED) is 0.195. The molecule has 12 nitrogen and oxygen atoms in total. The Hall–Kier alpha value is -3.96. The Labute approximate surface area is 171 Å². The number of hydrogen-bond acceptors (Lipinski definition) is 7. The molecule has 1 atom stereocenters. The summed E-state index contributed by atoms with van der Waals surface area (Å²) < 4.78 is 4.46. The monoisotopic (exact) mass is 432 g/mol. The SMILES string of the molecule is C=C(C)C(=O)O.C=C(C)C(=O)O.C=C(C)C(=O)OCC(C(=O)O)C(C(=O)O)C(=O)O. The lowest BCUT2D eigenvalue weighted by atomic mass is 9.93. The van der Waals surface area contributed by atoms with Crippen LogP contribution in [0.25, 0.3) is 0 Å². The van der Waals surface area contributed by atoms with Gasteiger partial charge in [0.2, 0.25) is 0 Å². The molecule has 12 heteroatoms. The minimum atomic E-state index is -2.19. The van der Waals surface area contributed by atoms with Crippen molar-refractivity contribution in [3.63, 3.8) is 0 Å². The van der Waals surface area contributed by atoms with Gasteiger partial charge in [0.05, 0.1) is 0 Å². The van der Waals surface area contributed by atoms with Crippen molar-refractivity contribution in [2.45, 2.75) is 20.8 Å². The van der Waals surface area contributed by atoms with Gasteiger partial charge in [0.1, 0.15) is 12.5 Å². The van der Waals surface area contributed by atoms with E-state index in [1.165, 1.54) is 20.8 Å². The van der Waals surface area contributed by atoms with E-state index in [1.807, 2.05) is 0 Å². The lowest BCUT2D eigenvalue weighted by molar-refractivity contribution is -0.168. The second-order valence-corrected chi connectivity index (χ2v) is 5.65. The maximum absolute atomic E-state index is 11.0. The van der Waals surface area contributed by atoms with Crippen LogP contribution in [0.1, 0.15) is 20.8 Å². The topological polar surface area (TPSA) is 213 Å². The van der Waals surface area contributed by atoms with Crippen LogP contribution in [0, 0.1) is 11.8 Å². The van der Waals surface area contributed by atoms with Gasteiger partial charge in [-0.3, -0.25) is 14.4 Å². The lowest BCUT2D eigenvalue weighted by Crippen LogP contribution is -2.39. The van der Waals surface area contributed by atoms with Crippen molar-refractivity contribution in [1.82, 2.24) is 0 Å². The van der Waals surface area contributed by atoms with Gasteiger partial charge in [-0.25, -0.2) is 14.4 Å². The van der Waals surface area contributed by atoms with E-state index in [4.69, 9.17) is 25.5 Å². The molecule has 1 unspecified atom stereocenters. The van der Waals surface area contributed by atoms with Gasteiger partial charge in [-0.05, 0) is 20.8 Å². The molecule has 0 amide bonds. The first-order valence-electron chi connectivity index (χ1n) is 7.75. The van der Waals surface area contributed by atoms with E-state index in [9.17, 15) is 28.8 Å². The van der Waals surface area contributed by atoms with Crippen molar-refractivity contribution in [3.8, 4) is 0 Å². The van der Waals surface area contributed by atoms with Crippen LogP contribution in [0.2, 0.25) is 0 Å². The normalized spacial score (nSPS) is 10.0. The van der Waals surface area contributed by atoms with Gasteiger partial charge in [-0.1, -0.05) is 19.7 Å². The zero-order valence-electron chi connectivity index (χ0n) is 16.6. The molecule has 0 rings (SSSR count). The Morgan fingerprint density at radius 1 is 0.667 bits per heavy atom. The zero-order chi connectivity index (χ0) is 24.8. The lowest BCUT2D eigenvalue weighted by Gasteiger charge is -2.16. The van der Waals surface area contributed by atoms with E-state index in [1.54, 1.807) is 0 Å². The highest BCUT2D eigenvalue weighted by atomic mass is 16.5. The molecule has 0 radical (unpaired) electrons. The van der Waals surface area contributed by atoms with Gasteiger partial charge in [0.15, 0.2) is 5.92 Å². The molecule has 0 spiro atoms. The second-order valence-electron chi connectivity index (χ2n) is 5.65. The molecular weight excluding hydrogens is 408 g/mol. The average molecular weight is 432 g/mol. The van der Waals surface area contributed by atoms with Gasteiger partial charge in [0, 0.05) is 16.7 Å². The minimum Gasteiger partial charge on any atom is -0.481 e.